The first kappa shape index (κ1) is 14.4. The number of aryl methyl sites for hydroxylation is 2. The predicted molar refractivity (Wildman–Crippen MR) is 82.9 cm³/mol. The second kappa shape index (κ2) is 5.67. The number of carbonyl (C=O) groups is 1. The molecule has 2 aromatic rings. The Morgan fingerprint density at radius 3 is 2.86 bits per heavy atom. The van der Waals surface area contributed by atoms with E-state index in [9.17, 15) is 9.90 Å². The summed E-state index contributed by atoms with van der Waals surface area (Å²) in [5, 5.41) is 14.7. The highest BCUT2D eigenvalue weighted by Crippen LogP contribution is 2.36. The molecule has 0 spiro atoms. The smallest absolute Gasteiger partial charge is 0.338 e. The van der Waals surface area contributed by atoms with Gasteiger partial charge < -0.3 is 5.11 Å². The zero-order valence-corrected chi connectivity index (χ0v) is 13.1. The molecule has 1 aliphatic rings. The van der Waals surface area contributed by atoms with Crippen molar-refractivity contribution in [1.29, 1.82) is 0 Å². The molecule has 2 heterocycles. The number of thioether (sulfide) groups is 1. The maximum absolute atomic E-state index is 11.5. The van der Waals surface area contributed by atoms with Crippen LogP contribution in [0.15, 0.2) is 11.1 Å². The molecule has 21 heavy (non-hydrogen) atoms. The number of pyridine rings is 1. The molecule has 0 radical (unpaired) electrons. The molecule has 1 fully saturated rings. The molecule has 0 amide bonds. The summed E-state index contributed by atoms with van der Waals surface area (Å²) in [4.78, 5) is 16.6. The maximum Gasteiger partial charge on any atom is 0.338 e. The Balaban J connectivity index is 2.03. The molecule has 0 unspecified atom stereocenters. The van der Waals surface area contributed by atoms with Crippen molar-refractivity contribution in [3.63, 3.8) is 0 Å². The molecule has 0 atom stereocenters. The van der Waals surface area contributed by atoms with Crippen LogP contribution in [-0.4, -0.2) is 31.6 Å². The Labute approximate surface area is 127 Å². The van der Waals surface area contributed by atoms with E-state index in [0.29, 0.717) is 11.5 Å². The van der Waals surface area contributed by atoms with Crippen LogP contribution in [0.2, 0.25) is 0 Å². The molecule has 0 saturated heterocycles. The van der Waals surface area contributed by atoms with Gasteiger partial charge in [-0.1, -0.05) is 12.8 Å². The molecule has 0 aliphatic heterocycles. The Kier molecular flexibility index (Phi) is 3.89. The van der Waals surface area contributed by atoms with Gasteiger partial charge in [-0.2, -0.15) is 5.10 Å². The van der Waals surface area contributed by atoms with E-state index in [1.54, 1.807) is 16.4 Å². The second-order valence-electron chi connectivity index (χ2n) is 5.68. The fourth-order valence-corrected chi connectivity index (χ4v) is 4.47. The average molecular weight is 305 g/mol. The maximum atomic E-state index is 11.5. The van der Waals surface area contributed by atoms with Gasteiger partial charge in [-0.05, 0) is 25.7 Å². The fraction of sp³-hybridized carbons (Fsp3) is 0.533. The Morgan fingerprint density at radius 1 is 1.48 bits per heavy atom. The molecule has 1 aliphatic carbocycles. The quantitative estimate of drug-likeness (QED) is 0.878. The van der Waals surface area contributed by atoms with Crippen molar-refractivity contribution in [1.82, 2.24) is 14.8 Å². The molecule has 5 nitrogen and oxygen atoms in total. The van der Waals surface area contributed by atoms with Crippen LogP contribution in [0, 0.1) is 12.8 Å². The van der Waals surface area contributed by atoms with E-state index in [0.717, 1.165) is 27.4 Å². The molecule has 1 N–H and O–H groups in total. The number of hydrogen-bond donors (Lipinski definition) is 1. The van der Waals surface area contributed by atoms with Crippen molar-refractivity contribution in [2.45, 2.75) is 37.5 Å². The van der Waals surface area contributed by atoms with Crippen molar-refractivity contribution < 1.29 is 9.90 Å². The number of hydrogen-bond acceptors (Lipinski definition) is 4. The standard InChI is InChI=1S/C15H19N3O2S/c1-9-12-13(21-8-10-5-3-4-6-10)11(15(19)20)7-16-14(12)18(2)17-9/h7,10H,3-6,8H2,1-2H3,(H,19,20). The fourth-order valence-electron chi connectivity index (χ4n) is 3.06. The SMILES string of the molecule is Cc1nn(C)c2ncc(C(=O)O)c(SCC3CCCC3)c12. The highest BCUT2D eigenvalue weighted by Gasteiger charge is 2.22. The Bertz CT molecular complexity index is 690. The topological polar surface area (TPSA) is 68.0 Å². The first-order valence-corrected chi connectivity index (χ1v) is 8.25. The van der Waals surface area contributed by atoms with E-state index in [4.69, 9.17) is 0 Å². The number of carboxylic acid groups (broad SMARTS) is 1. The first-order chi connectivity index (χ1) is 10.1. The molecule has 112 valence electrons. The van der Waals surface area contributed by atoms with E-state index in [-0.39, 0.29) is 0 Å². The zero-order chi connectivity index (χ0) is 15.0. The van der Waals surface area contributed by atoms with Crippen molar-refractivity contribution >= 4 is 28.8 Å². The monoisotopic (exact) mass is 305 g/mol. The number of aromatic carboxylic acids is 1. The molecule has 0 bridgehead atoms. The summed E-state index contributed by atoms with van der Waals surface area (Å²) in [5.74, 6) is 0.770. The van der Waals surface area contributed by atoms with Gasteiger partial charge >= 0.3 is 5.97 Å². The van der Waals surface area contributed by atoms with E-state index in [1.165, 1.54) is 31.9 Å². The predicted octanol–water partition coefficient (Wildman–Crippen LogP) is 3.26. The zero-order valence-electron chi connectivity index (χ0n) is 12.3. The number of fused-ring (bicyclic) bond motifs is 1. The van der Waals surface area contributed by atoms with Gasteiger partial charge in [0.1, 0.15) is 0 Å². The highest BCUT2D eigenvalue weighted by molar-refractivity contribution is 7.99. The summed E-state index contributed by atoms with van der Waals surface area (Å²) in [5.41, 5.74) is 1.89. The normalized spacial score (nSPS) is 15.9. The van der Waals surface area contributed by atoms with Crippen molar-refractivity contribution in [3.05, 3.63) is 17.5 Å². The summed E-state index contributed by atoms with van der Waals surface area (Å²) < 4.78 is 1.72. The second-order valence-corrected chi connectivity index (χ2v) is 6.71. The van der Waals surface area contributed by atoms with E-state index in [1.807, 2.05) is 14.0 Å². The lowest BCUT2D eigenvalue weighted by Gasteiger charge is -2.11. The van der Waals surface area contributed by atoms with Gasteiger partial charge in [0.15, 0.2) is 5.65 Å². The van der Waals surface area contributed by atoms with Gasteiger partial charge in [0.25, 0.3) is 0 Å². The largest absolute Gasteiger partial charge is 0.478 e. The lowest BCUT2D eigenvalue weighted by atomic mass is 10.1. The minimum atomic E-state index is -0.915. The third kappa shape index (κ3) is 2.64. The number of rotatable bonds is 4. The summed E-state index contributed by atoms with van der Waals surface area (Å²) in [7, 11) is 1.84. The third-order valence-electron chi connectivity index (χ3n) is 4.15. The molecule has 2 aromatic heterocycles. The summed E-state index contributed by atoms with van der Waals surface area (Å²) in [6.45, 7) is 1.91. The molecule has 3 rings (SSSR count). The van der Waals surface area contributed by atoms with Crippen LogP contribution in [0.5, 0.6) is 0 Å². The summed E-state index contributed by atoms with van der Waals surface area (Å²) in [6.07, 6.45) is 6.58. The van der Waals surface area contributed by atoms with Crippen LogP contribution in [0.1, 0.15) is 41.7 Å². The van der Waals surface area contributed by atoms with E-state index < -0.39 is 5.97 Å². The summed E-state index contributed by atoms with van der Waals surface area (Å²) >= 11 is 1.66. The van der Waals surface area contributed by atoms with Gasteiger partial charge in [0, 0.05) is 23.9 Å². The molecular formula is C15H19N3O2S. The average Bonchev–Trinajstić information content (AvgIpc) is 3.05. The Hall–Kier alpha value is -1.56. The minimum absolute atomic E-state index is 0.293. The molecule has 1 saturated carbocycles. The number of carboxylic acids is 1. The van der Waals surface area contributed by atoms with Crippen LogP contribution < -0.4 is 0 Å². The summed E-state index contributed by atoms with van der Waals surface area (Å²) in [6, 6.07) is 0. The molecule has 6 heteroatoms. The lowest BCUT2D eigenvalue weighted by molar-refractivity contribution is 0.0693. The van der Waals surface area contributed by atoms with Gasteiger partial charge in [0.2, 0.25) is 0 Å². The van der Waals surface area contributed by atoms with E-state index in [2.05, 4.69) is 10.1 Å². The van der Waals surface area contributed by atoms with Crippen LogP contribution in [-0.2, 0) is 7.05 Å². The van der Waals surface area contributed by atoms with E-state index >= 15 is 0 Å². The van der Waals surface area contributed by atoms with Gasteiger partial charge in [-0.3, -0.25) is 4.68 Å². The van der Waals surface area contributed by atoms with Gasteiger partial charge in [0.05, 0.1) is 16.6 Å². The third-order valence-corrected chi connectivity index (χ3v) is 5.50. The molecular weight excluding hydrogens is 286 g/mol. The number of aromatic nitrogens is 3. The molecule has 0 aromatic carbocycles. The first-order valence-electron chi connectivity index (χ1n) is 7.26. The van der Waals surface area contributed by atoms with Crippen LogP contribution >= 0.6 is 11.8 Å². The van der Waals surface area contributed by atoms with Gasteiger partial charge in [-0.15, -0.1) is 11.8 Å². The van der Waals surface area contributed by atoms with Crippen LogP contribution in [0.4, 0.5) is 0 Å². The number of nitrogens with zero attached hydrogens (tertiary/aromatic N) is 3. The van der Waals surface area contributed by atoms with Crippen molar-refractivity contribution in [2.24, 2.45) is 13.0 Å². The van der Waals surface area contributed by atoms with Gasteiger partial charge in [-0.25, -0.2) is 9.78 Å². The van der Waals surface area contributed by atoms with Crippen LogP contribution in [0.25, 0.3) is 11.0 Å². The minimum Gasteiger partial charge on any atom is -0.478 e. The van der Waals surface area contributed by atoms with Crippen LogP contribution in [0.3, 0.4) is 0 Å². The Morgan fingerprint density at radius 2 is 2.19 bits per heavy atom. The highest BCUT2D eigenvalue weighted by atomic mass is 32.2. The lowest BCUT2D eigenvalue weighted by Crippen LogP contribution is -2.04. The van der Waals surface area contributed by atoms with Crippen molar-refractivity contribution in [3.8, 4) is 0 Å². The van der Waals surface area contributed by atoms with Crippen molar-refractivity contribution in [2.75, 3.05) is 5.75 Å².